The minimum atomic E-state index is 0.457. The van der Waals surface area contributed by atoms with E-state index in [-0.39, 0.29) is 0 Å². The lowest BCUT2D eigenvalue weighted by molar-refractivity contribution is 0.292. The average molecular weight is 304 g/mol. The van der Waals surface area contributed by atoms with Crippen LogP contribution in [0, 0.1) is 0 Å². The van der Waals surface area contributed by atoms with Crippen molar-refractivity contribution in [2.24, 2.45) is 5.73 Å². The van der Waals surface area contributed by atoms with Gasteiger partial charge in [0, 0.05) is 17.0 Å². The molecule has 2 N–H and O–H groups in total. The van der Waals surface area contributed by atoms with E-state index < -0.39 is 0 Å². The molecule has 0 radical (unpaired) electrons. The first kappa shape index (κ1) is 14.2. The molecule has 3 rings (SSSR count). The van der Waals surface area contributed by atoms with Crippen LogP contribution in [0.15, 0.2) is 36.4 Å². The summed E-state index contributed by atoms with van der Waals surface area (Å²) < 4.78 is 11.5. The summed E-state index contributed by atoms with van der Waals surface area (Å²) in [4.78, 5) is 0. The molecule has 3 nitrogen and oxygen atoms in total. The lowest BCUT2D eigenvalue weighted by atomic mass is 10.1. The fraction of sp³-hybridized carbons (Fsp3) is 0.294. The monoisotopic (exact) mass is 303 g/mol. The maximum atomic E-state index is 6.14. The molecule has 4 heteroatoms. The number of hydrogen-bond acceptors (Lipinski definition) is 3. The van der Waals surface area contributed by atoms with Crippen molar-refractivity contribution >= 4 is 11.6 Å². The summed E-state index contributed by atoms with van der Waals surface area (Å²) >= 11 is 6.14. The Morgan fingerprint density at radius 2 is 2.00 bits per heavy atom. The highest BCUT2D eigenvalue weighted by Gasteiger charge is 2.17. The molecule has 0 aliphatic carbocycles. The number of halogens is 1. The Hall–Kier alpha value is -1.71. The second kappa shape index (κ2) is 6.37. The Labute approximate surface area is 129 Å². The van der Waals surface area contributed by atoms with Crippen molar-refractivity contribution in [1.82, 2.24) is 0 Å². The average Bonchev–Trinajstić information content (AvgIpc) is 2.94. The number of nitrogens with two attached hydrogens (primary N) is 1. The highest BCUT2D eigenvalue weighted by molar-refractivity contribution is 6.30. The zero-order chi connectivity index (χ0) is 14.7. The van der Waals surface area contributed by atoms with Crippen LogP contribution in [0.4, 0.5) is 0 Å². The molecule has 0 amide bonds. The molecule has 0 saturated heterocycles. The molecule has 110 valence electrons. The third-order valence-electron chi connectivity index (χ3n) is 3.58. The molecule has 1 heterocycles. The van der Waals surface area contributed by atoms with Crippen molar-refractivity contribution in [2.45, 2.75) is 19.4 Å². The van der Waals surface area contributed by atoms with Crippen LogP contribution in [-0.2, 0) is 19.4 Å². The Balaban J connectivity index is 1.70. The van der Waals surface area contributed by atoms with Crippen molar-refractivity contribution in [3.05, 3.63) is 58.1 Å². The van der Waals surface area contributed by atoms with Crippen molar-refractivity contribution in [3.63, 3.8) is 0 Å². The van der Waals surface area contributed by atoms with Gasteiger partial charge in [-0.05, 0) is 48.4 Å². The molecule has 0 spiro atoms. The van der Waals surface area contributed by atoms with E-state index in [9.17, 15) is 0 Å². The summed E-state index contributed by atoms with van der Waals surface area (Å²) in [5.74, 6) is 1.77. The Morgan fingerprint density at radius 3 is 2.76 bits per heavy atom. The van der Waals surface area contributed by atoms with E-state index in [0.29, 0.717) is 13.2 Å². The number of ether oxygens (including phenoxy) is 2. The molecule has 0 aromatic heterocycles. The smallest absolute Gasteiger partial charge is 0.129 e. The van der Waals surface area contributed by atoms with Crippen LogP contribution in [0.5, 0.6) is 11.5 Å². The quantitative estimate of drug-likeness (QED) is 0.921. The van der Waals surface area contributed by atoms with Crippen LogP contribution in [0.3, 0.4) is 0 Å². The van der Waals surface area contributed by atoms with Crippen molar-refractivity contribution < 1.29 is 9.47 Å². The SMILES string of the molecule is NCCc1ccc(OCc2cc(Cl)cc3c2OCC3)cc1. The van der Waals surface area contributed by atoms with Gasteiger partial charge in [0.05, 0.1) is 6.61 Å². The maximum absolute atomic E-state index is 6.14. The first-order valence-electron chi connectivity index (χ1n) is 7.12. The zero-order valence-electron chi connectivity index (χ0n) is 11.8. The predicted octanol–water partition coefficient (Wildman–Crippen LogP) is 3.36. The molecule has 0 unspecified atom stereocenters. The van der Waals surface area contributed by atoms with E-state index in [4.69, 9.17) is 26.8 Å². The second-order valence-corrected chi connectivity index (χ2v) is 5.56. The molecule has 2 aromatic carbocycles. The molecule has 2 aromatic rings. The lowest BCUT2D eigenvalue weighted by Gasteiger charge is -2.11. The number of rotatable bonds is 5. The van der Waals surface area contributed by atoms with Gasteiger partial charge >= 0.3 is 0 Å². The van der Waals surface area contributed by atoms with Gasteiger partial charge in [0.15, 0.2) is 0 Å². The van der Waals surface area contributed by atoms with Crippen molar-refractivity contribution in [1.29, 1.82) is 0 Å². The van der Waals surface area contributed by atoms with Gasteiger partial charge in [0.25, 0.3) is 0 Å². The molecule has 0 saturated carbocycles. The van der Waals surface area contributed by atoms with Gasteiger partial charge < -0.3 is 15.2 Å². The van der Waals surface area contributed by atoms with Crippen LogP contribution < -0.4 is 15.2 Å². The Bertz CT molecular complexity index is 625. The lowest BCUT2D eigenvalue weighted by Crippen LogP contribution is -2.02. The fourth-order valence-electron chi connectivity index (χ4n) is 2.53. The van der Waals surface area contributed by atoms with E-state index >= 15 is 0 Å². The van der Waals surface area contributed by atoms with Crippen LogP contribution in [0.2, 0.25) is 5.02 Å². The zero-order valence-corrected chi connectivity index (χ0v) is 12.5. The van der Waals surface area contributed by atoms with Gasteiger partial charge in [-0.3, -0.25) is 0 Å². The largest absolute Gasteiger partial charge is 0.493 e. The van der Waals surface area contributed by atoms with E-state index in [2.05, 4.69) is 0 Å². The van der Waals surface area contributed by atoms with E-state index in [0.717, 1.165) is 41.5 Å². The summed E-state index contributed by atoms with van der Waals surface area (Å²) in [6, 6.07) is 11.9. The number of hydrogen-bond donors (Lipinski definition) is 1. The highest BCUT2D eigenvalue weighted by Crippen LogP contribution is 2.33. The molecule has 0 fully saturated rings. The number of fused-ring (bicyclic) bond motifs is 1. The summed E-state index contributed by atoms with van der Waals surface area (Å²) in [5.41, 5.74) is 8.93. The van der Waals surface area contributed by atoms with Gasteiger partial charge in [-0.2, -0.15) is 0 Å². The van der Waals surface area contributed by atoms with Crippen LogP contribution in [0.1, 0.15) is 16.7 Å². The van der Waals surface area contributed by atoms with Gasteiger partial charge in [-0.1, -0.05) is 23.7 Å². The van der Waals surface area contributed by atoms with Crippen LogP contribution >= 0.6 is 11.6 Å². The second-order valence-electron chi connectivity index (χ2n) is 5.12. The predicted molar refractivity (Wildman–Crippen MR) is 84.2 cm³/mol. The minimum absolute atomic E-state index is 0.457. The molecular weight excluding hydrogens is 286 g/mol. The topological polar surface area (TPSA) is 44.5 Å². The Morgan fingerprint density at radius 1 is 1.19 bits per heavy atom. The number of benzene rings is 2. The Kier molecular flexibility index (Phi) is 4.32. The van der Waals surface area contributed by atoms with Crippen LogP contribution in [0.25, 0.3) is 0 Å². The molecular formula is C17H18ClNO2. The van der Waals surface area contributed by atoms with Gasteiger partial charge in [0.2, 0.25) is 0 Å². The normalized spacial score (nSPS) is 12.9. The van der Waals surface area contributed by atoms with Gasteiger partial charge in [-0.25, -0.2) is 0 Å². The molecule has 21 heavy (non-hydrogen) atoms. The molecule has 0 bridgehead atoms. The summed E-state index contributed by atoms with van der Waals surface area (Å²) in [7, 11) is 0. The standard InChI is InChI=1S/C17H18ClNO2/c18-15-9-13-6-8-20-17(13)14(10-15)11-21-16-3-1-12(2-4-16)5-7-19/h1-4,9-10H,5-8,11,19H2. The minimum Gasteiger partial charge on any atom is -0.493 e. The van der Waals surface area contributed by atoms with E-state index in [1.54, 1.807) is 0 Å². The fourth-order valence-corrected chi connectivity index (χ4v) is 2.80. The third kappa shape index (κ3) is 3.31. The first-order valence-corrected chi connectivity index (χ1v) is 7.50. The first-order chi connectivity index (χ1) is 10.3. The van der Waals surface area contributed by atoms with Gasteiger partial charge in [-0.15, -0.1) is 0 Å². The van der Waals surface area contributed by atoms with Crippen molar-refractivity contribution in [2.75, 3.05) is 13.2 Å². The van der Waals surface area contributed by atoms with E-state index in [1.165, 1.54) is 11.1 Å². The maximum Gasteiger partial charge on any atom is 0.129 e. The molecule has 1 aliphatic rings. The summed E-state index contributed by atoms with van der Waals surface area (Å²) in [6.45, 7) is 1.84. The molecule has 0 atom stereocenters. The van der Waals surface area contributed by atoms with Crippen LogP contribution in [-0.4, -0.2) is 13.2 Å². The summed E-state index contributed by atoms with van der Waals surface area (Å²) in [6.07, 6.45) is 1.80. The highest BCUT2D eigenvalue weighted by atomic mass is 35.5. The molecule has 1 aliphatic heterocycles. The summed E-state index contributed by atoms with van der Waals surface area (Å²) in [5, 5.41) is 0.733. The van der Waals surface area contributed by atoms with Crippen molar-refractivity contribution in [3.8, 4) is 11.5 Å². The van der Waals surface area contributed by atoms with E-state index in [1.807, 2.05) is 36.4 Å². The third-order valence-corrected chi connectivity index (χ3v) is 3.79. The van der Waals surface area contributed by atoms with Gasteiger partial charge in [0.1, 0.15) is 18.1 Å².